The monoisotopic (exact) mass is 362 g/mol. The molecule has 0 saturated carbocycles. The molecule has 0 radical (unpaired) electrons. The van der Waals surface area contributed by atoms with Crippen LogP contribution in [0, 0.1) is 5.92 Å². The van der Waals surface area contributed by atoms with Crippen molar-refractivity contribution in [2.75, 3.05) is 13.2 Å². The average molecular weight is 362 g/mol. The van der Waals surface area contributed by atoms with Gasteiger partial charge in [0.05, 0.1) is 6.61 Å². The first-order valence-electron chi connectivity index (χ1n) is 8.22. The van der Waals surface area contributed by atoms with Gasteiger partial charge in [-0.05, 0) is 12.1 Å². The van der Waals surface area contributed by atoms with Crippen molar-refractivity contribution in [3.8, 4) is 0 Å². The summed E-state index contributed by atoms with van der Waals surface area (Å²) in [5.41, 5.74) is 0.592. The van der Waals surface area contributed by atoms with Crippen molar-refractivity contribution in [3.05, 3.63) is 48.6 Å². The zero-order chi connectivity index (χ0) is 18.9. The zero-order valence-corrected chi connectivity index (χ0v) is 14.8. The molecule has 0 aliphatic heterocycles. The van der Waals surface area contributed by atoms with Gasteiger partial charge in [0.15, 0.2) is 17.5 Å². The lowest BCUT2D eigenvalue weighted by Gasteiger charge is -2.05. The summed E-state index contributed by atoms with van der Waals surface area (Å²) < 4.78 is 4.01. The number of aromatic nitrogens is 3. The molecular formula is C16H24N7O3+. The predicted octanol–water partition coefficient (Wildman–Crippen LogP) is 0.320. The minimum Gasteiger partial charge on any atom is -0.395 e. The topological polar surface area (TPSA) is 124 Å². The summed E-state index contributed by atoms with van der Waals surface area (Å²) in [7, 11) is 0. The van der Waals surface area contributed by atoms with Crippen molar-refractivity contribution in [2.45, 2.75) is 26.6 Å². The van der Waals surface area contributed by atoms with Gasteiger partial charge in [-0.15, -0.1) is 15.3 Å². The summed E-state index contributed by atoms with van der Waals surface area (Å²) in [5, 5.41) is 44.7. The molecule has 0 spiro atoms. The number of aliphatic hydroxyl groups excluding tert-OH is 2. The second kappa shape index (κ2) is 9.59. The van der Waals surface area contributed by atoms with Crippen molar-refractivity contribution in [2.24, 2.45) is 26.3 Å². The Morgan fingerprint density at radius 3 is 2.73 bits per heavy atom. The predicted molar refractivity (Wildman–Crippen MR) is 92.1 cm³/mol. The van der Waals surface area contributed by atoms with Gasteiger partial charge in [-0.25, -0.2) is 4.57 Å². The Hall–Kier alpha value is -2.85. The van der Waals surface area contributed by atoms with Crippen LogP contribution in [0.2, 0.25) is 0 Å². The van der Waals surface area contributed by atoms with Crippen LogP contribution in [-0.2, 0) is 6.54 Å². The zero-order valence-electron chi connectivity index (χ0n) is 14.8. The standard InChI is InChI=1S/C16H24N7O3/c1-13(2)16(19-17-11-15(25)22-7-8-23(26)12-22)20-18-14-5-3-4-6-21(14)9-10-24/h3-8,12-13,15,24-26H,9-11H2,1-2H3/q+1. The Labute approximate surface area is 150 Å². The quantitative estimate of drug-likeness (QED) is 0.164. The molecule has 10 nitrogen and oxygen atoms in total. The van der Waals surface area contributed by atoms with E-state index >= 15 is 0 Å². The highest BCUT2D eigenvalue weighted by Crippen LogP contribution is 2.01. The summed E-state index contributed by atoms with van der Waals surface area (Å²) in [5.74, 6) is 0.405. The van der Waals surface area contributed by atoms with E-state index in [0.717, 1.165) is 4.73 Å². The van der Waals surface area contributed by atoms with Crippen LogP contribution in [-0.4, -0.2) is 43.7 Å². The molecule has 140 valence electrons. The molecule has 2 aromatic rings. The Balaban J connectivity index is 2.13. The molecule has 0 aliphatic rings. The van der Waals surface area contributed by atoms with E-state index in [0.29, 0.717) is 17.9 Å². The normalized spacial score (nSPS) is 14.5. The van der Waals surface area contributed by atoms with Crippen LogP contribution >= 0.6 is 0 Å². The van der Waals surface area contributed by atoms with Gasteiger partial charge < -0.3 is 20.0 Å². The van der Waals surface area contributed by atoms with Crippen molar-refractivity contribution >= 4 is 5.84 Å². The number of hydrogen-bond acceptors (Lipinski definition) is 6. The molecule has 1 atom stereocenters. The third kappa shape index (κ3) is 5.60. The Morgan fingerprint density at radius 1 is 1.27 bits per heavy atom. The number of imidazole rings is 1. The van der Waals surface area contributed by atoms with E-state index in [1.807, 2.05) is 32.2 Å². The molecule has 0 bridgehead atoms. The maximum atomic E-state index is 9.98. The van der Waals surface area contributed by atoms with Crippen LogP contribution in [0.3, 0.4) is 0 Å². The third-order valence-corrected chi connectivity index (χ3v) is 3.43. The molecule has 3 N–H and O–H groups in total. The number of nitrogens with zero attached hydrogens (tertiary/aromatic N) is 7. The summed E-state index contributed by atoms with van der Waals surface area (Å²) in [6.07, 6.45) is 5.09. The molecular weight excluding hydrogens is 338 g/mol. The molecule has 0 amide bonds. The SMILES string of the molecule is CC(C)C(N=NCC(O)[n+]1ccn(O)c1)=NN=c1ccccn1CCO. The van der Waals surface area contributed by atoms with Crippen molar-refractivity contribution in [1.82, 2.24) is 9.30 Å². The van der Waals surface area contributed by atoms with E-state index in [9.17, 15) is 10.3 Å². The third-order valence-electron chi connectivity index (χ3n) is 3.43. The van der Waals surface area contributed by atoms with Crippen LogP contribution < -0.4 is 10.1 Å². The van der Waals surface area contributed by atoms with E-state index in [4.69, 9.17) is 5.11 Å². The molecule has 26 heavy (non-hydrogen) atoms. The number of hydrogen-bond donors (Lipinski definition) is 3. The van der Waals surface area contributed by atoms with Crippen LogP contribution in [0.15, 0.2) is 63.5 Å². The van der Waals surface area contributed by atoms with Gasteiger partial charge in [-0.2, -0.15) is 5.11 Å². The number of rotatable bonds is 7. The maximum Gasteiger partial charge on any atom is 0.286 e. The fourth-order valence-corrected chi connectivity index (χ4v) is 2.02. The molecule has 2 rings (SSSR count). The average Bonchev–Trinajstić information content (AvgIpc) is 3.05. The van der Waals surface area contributed by atoms with Crippen molar-refractivity contribution < 1.29 is 20.0 Å². The number of aliphatic hydroxyl groups is 2. The first-order valence-corrected chi connectivity index (χ1v) is 8.22. The second-order valence-electron chi connectivity index (χ2n) is 5.83. The Morgan fingerprint density at radius 2 is 2.08 bits per heavy atom. The fourth-order valence-electron chi connectivity index (χ4n) is 2.02. The lowest BCUT2D eigenvalue weighted by molar-refractivity contribution is -0.757. The maximum absolute atomic E-state index is 9.98. The first kappa shape index (κ1) is 19.5. The fraction of sp³-hybridized carbons (Fsp3) is 0.438. The Kier molecular flexibility index (Phi) is 7.18. The summed E-state index contributed by atoms with van der Waals surface area (Å²) in [6.45, 7) is 4.26. The van der Waals surface area contributed by atoms with Crippen LogP contribution in [0.4, 0.5) is 0 Å². The molecule has 0 aromatic carbocycles. The van der Waals surface area contributed by atoms with Crippen LogP contribution in [0.1, 0.15) is 20.1 Å². The van der Waals surface area contributed by atoms with E-state index in [2.05, 4.69) is 20.4 Å². The van der Waals surface area contributed by atoms with Crippen molar-refractivity contribution in [1.29, 1.82) is 0 Å². The summed E-state index contributed by atoms with van der Waals surface area (Å²) >= 11 is 0. The van der Waals surface area contributed by atoms with E-state index in [1.54, 1.807) is 10.6 Å². The van der Waals surface area contributed by atoms with Gasteiger partial charge in [0.1, 0.15) is 12.7 Å². The van der Waals surface area contributed by atoms with Gasteiger partial charge in [0.2, 0.25) is 6.23 Å². The highest BCUT2D eigenvalue weighted by Gasteiger charge is 2.13. The molecule has 1 unspecified atom stereocenters. The molecule has 10 heteroatoms. The van der Waals surface area contributed by atoms with Gasteiger partial charge in [-0.3, -0.25) is 0 Å². The number of azo groups is 1. The van der Waals surface area contributed by atoms with Crippen molar-refractivity contribution in [3.63, 3.8) is 0 Å². The molecule has 0 fully saturated rings. The number of pyridine rings is 1. The first-order chi connectivity index (χ1) is 12.5. The molecule has 0 aliphatic carbocycles. The highest BCUT2D eigenvalue weighted by molar-refractivity contribution is 5.84. The molecule has 2 aromatic heterocycles. The van der Waals surface area contributed by atoms with Gasteiger partial charge in [-0.1, -0.05) is 24.6 Å². The lowest BCUT2D eigenvalue weighted by atomic mass is 10.2. The second-order valence-corrected chi connectivity index (χ2v) is 5.83. The minimum absolute atomic E-state index is 0.00276. The minimum atomic E-state index is -0.946. The smallest absolute Gasteiger partial charge is 0.286 e. The van der Waals surface area contributed by atoms with Gasteiger partial charge in [0, 0.05) is 18.7 Å². The highest BCUT2D eigenvalue weighted by atomic mass is 16.5. The van der Waals surface area contributed by atoms with E-state index in [-0.39, 0.29) is 19.1 Å². The number of amidine groups is 1. The van der Waals surface area contributed by atoms with Gasteiger partial charge in [0.25, 0.3) is 6.33 Å². The van der Waals surface area contributed by atoms with Crippen LogP contribution in [0.5, 0.6) is 0 Å². The van der Waals surface area contributed by atoms with E-state index < -0.39 is 6.23 Å². The summed E-state index contributed by atoms with van der Waals surface area (Å²) in [4.78, 5) is 0. The van der Waals surface area contributed by atoms with Crippen LogP contribution in [0.25, 0.3) is 0 Å². The van der Waals surface area contributed by atoms with E-state index in [1.165, 1.54) is 23.3 Å². The largest absolute Gasteiger partial charge is 0.395 e. The Bertz CT molecular complexity index is 823. The molecule has 2 heterocycles. The lowest BCUT2D eigenvalue weighted by Crippen LogP contribution is -2.39. The van der Waals surface area contributed by atoms with Gasteiger partial charge >= 0.3 is 0 Å². The summed E-state index contributed by atoms with van der Waals surface area (Å²) in [6, 6.07) is 5.47. The molecule has 0 saturated heterocycles.